The molecule has 0 aliphatic carbocycles. The van der Waals surface area contributed by atoms with Crippen LogP contribution in [0, 0.1) is 16.0 Å². The van der Waals surface area contributed by atoms with Crippen LogP contribution in [0.25, 0.3) is 5.76 Å². The van der Waals surface area contributed by atoms with Crippen LogP contribution in [0.4, 0.5) is 10.5 Å². The Kier molecular flexibility index (Phi) is 9.89. The molecule has 2 aromatic rings. The van der Waals surface area contributed by atoms with Crippen molar-refractivity contribution in [1.29, 1.82) is 0 Å². The summed E-state index contributed by atoms with van der Waals surface area (Å²) in [7, 11) is -10.1. The monoisotopic (exact) mass is 709 g/mol. The van der Waals surface area contributed by atoms with Crippen molar-refractivity contribution in [2.75, 3.05) is 13.2 Å². The van der Waals surface area contributed by atoms with E-state index in [4.69, 9.17) is 28.0 Å². The number of para-hydroxylation sites is 1. The molecular weight excluding hydrogens is 676 g/mol. The van der Waals surface area contributed by atoms with Gasteiger partial charge in [0.2, 0.25) is 6.23 Å². The lowest BCUT2D eigenvalue weighted by Gasteiger charge is -2.33. The third kappa shape index (κ3) is 7.71. The van der Waals surface area contributed by atoms with E-state index in [1.54, 1.807) is 26.0 Å². The number of hydrogen-bond donors (Lipinski definition) is 3. The highest BCUT2D eigenvalue weighted by atomic mass is 31.3. The van der Waals surface area contributed by atoms with Crippen molar-refractivity contribution >= 4 is 33.1 Å². The van der Waals surface area contributed by atoms with Crippen molar-refractivity contribution < 1.29 is 60.9 Å². The molecule has 0 radical (unpaired) electrons. The lowest BCUT2D eigenvalue weighted by atomic mass is 10.1. The Labute approximate surface area is 274 Å². The smallest absolute Gasteiger partial charge is 0.465 e. The second kappa shape index (κ2) is 13.8. The van der Waals surface area contributed by atoms with Gasteiger partial charge in [-0.05, 0) is 23.6 Å². The number of nitro benzene ring substituents is 1. The van der Waals surface area contributed by atoms with Gasteiger partial charge in [0.05, 0.1) is 23.7 Å². The summed E-state index contributed by atoms with van der Waals surface area (Å²) in [5, 5.41) is 14.3. The van der Waals surface area contributed by atoms with E-state index in [-0.39, 0.29) is 29.5 Å². The van der Waals surface area contributed by atoms with Gasteiger partial charge >= 0.3 is 21.7 Å². The number of fused-ring (bicyclic) bond motifs is 2. The van der Waals surface area contributed by atoms with Gasteiger partial charge in [0.1, 0.15) is 24.1 Å². The number of phosphoric acid groups is 2. The molecule has 17 nitrogen and oxygen atoms in total. The lowest BCUT2D eigenvalue weighted by Crippen LogP contribution is -2.54. The quantitative estimate of drug-likeness (QED) is 0.151. The van der Waals surface area contributed by atoms with E-state index in [0.717, 1.165) is 5.56 Å². The largest absolute Gasteiger partial charge is 0.481 e. The predicted molar refractivity (Wildman–Crippen MR) is 164 cm³/mol. The molecule has 4 heterocycles. The topological polar surface area (TPSA) is 215 Å². The van der Waals surface area contributed by atoms with Crippen molar-refractivity contribution in [2.24, 2.45) is 5.92 Å². The van der Waals surface area contributed by atoms with E-state index < -0.39 is 70.3 Å². The van der Waals surface area contributed by atoms with Gasteiger partial charge in [-0.2, -0.15) is 4.31 Å². The van der Waals surface area contributed by atoms with Crippen LogP contribution >= 0.6 is 15.6 Å². The predicted octanol–water partition coefficient (Wildman–Crippen LogP) is 4.19. The molecule has 6 rings (SSSR count). The van der Waals surface area contributed by atoms with Crippen molar-refractivity contribution in [3.8, 4) is 0 Å². The highest BCUT2D eigenvalue weighted by Gasteiger charge is 2.56. The molecule has 0 bridgehead atoms. The number of carbonyl (C=O) groups excluding carboxylic acids is 1. The van der Waals surface area contributed by atoms with Crippen molar-refractivity contribution in [3.05, 3.63) is 93.7 Å². The standard InChI is InChI=1S/C29H33N3O14P2/c1-17(2)15-40-47(36,37)46-48(38,39)41-16-23-25-26(45-24(44-25)12-18-8-4-3-5-9-18)28(43-23)31-14-19-13-22(42-27(19)30-29(31)33)20-10-6-7-11-21(20)32(34)35/h3-11,13-14,17,23-28H,12,15-16H2,1-2H3,(H,30,33)(H,36,37)(H,38,39)/t23-,24?,25?,26?,27?,28-/m1/s1. The van der Waals surface area contributed by atoms with Crippen LogP contribution in [-0.2, 0) is 47.9 Å². The number of nitrogens with zero attached hydrogens (tertiary/aromatic N) is 2. The first-order chi connectivity index (χ1) is 22.8. The third-order valence-corrected chi connectivity index (χ3v) is 10.2. The summed E-state index contributed by atoms with van der Waals surface area (Å²) in [6.45, 7) is 2.54. The fourth-order valence-electron chi connectivity index (χ4n) is 5.50. The molecule has 19 heteroatoms. The molecule has 4 aliphatic heterocycles. The number of carbonyl (C=O) groups is 1. The molecular formula is C29H33N3O14P2. The van der Waals surface area contributed by atoms with Gasteiger partial charge in [0.15, 0.2) is 12.5 Å². The SMILES string of the molecule is CC(C)COP(=O)(O)OP(=O)(O)OC[C@H]1O[C@@H](N2C=C3C=C(c4ccccc4[N+](=O)[O-])OC3NC2=O)C2OC(Cc3ccccc3)OC21. The normalized spacial score (nSPS) is 28.9. The molecule has 0 spiro atoms. The molecule has 3 N–H and O–H groups in total. The molecule has 4 aliphatic rings. The van der Waals surface area contributed by atoms with Crippen molar-refractivity contribution in [2.45, 2.75) is 57.3 Å². The van der Waals surface area contributed by atoms with Gasteiger partial charge in [0, 0.05) is 24.3 Å². The number of phosphoric ester groups is 2. The number of rotatable bonds is 13. The zero-order valence-corrected chi connectivity index (χ0v) is 27.4. The maximum atomic E-state index is 13.4. The second-order valence-corrected chi connectivity index (χ2v) is 14.7. The molecule has 48 heavy (non-hydrogen) atoms. The minimum Gasteiger partial charge on any atom is -0.465 e. The molecule has 0 saturated carbocycles. The maximum absolute atomic E-state index is 13.4. The van der Waals surface area contributed by atoms with E-state index in [0.29, 0.717) is 12.0 Å². The molecule has 258 valence electrons. The summed E-state index contributed by atoms with van der Waals surface area (Å²) >= 11 is 0. The van der Waals surface area contributed by atoms with Crippen molar-refractivity contribution in [1.82, 2.24) is 10.2 Å². The zero-order chi connectivity index (χ0) is 34.2. The van der Waals surface area contributed by atoms with Crippen LogP contribution < -0.4 is 5.32 Å². The number of hydrogen-bond acceptors (Lipinski definition) is 12. The Morgan fingerprint density at radius 1 is 1.00 bits per heavy atom. The number of amides is 2. The molecule has 6 unspecified atom stereocenters. The van der Waals surface area contributed by atoms with Gasteiger partial charge in [0.25, 0.3) is 5.69 Å². The van der Waals surface area contributed by atoms with Crippen LogP contribution in [0.15, 0.2) is 72.4 Å². The fourth-order valence-corrected chi connectivity index (χ4v) is 7.74. The van der Waals surface area contributed by atoms with Gasteiger partial charge < -0.3 is 28.7 Å². The average molecular weight is 710 g/mol. The second-order valence-electron chi connectivity index (χ2n) is 11.7. The van der Waals surface area contributed by atoms with Crippen molar-refractivity contribution in [3.63, 3.8) is 0 Å². The maximum Gasteiger partial charge on any atom is 0.481 e. The molecule has 2 saturated heterocycles. The Morgan fingerprint density at radius 2 is 1.69 bits per heavy atom. The summed E-state index contributed by atoms with van der Waals surface area (Å²) in [4.78, 5) is 45.7. The fraction of sp³-hybridized carbons (Fsp3) is 0.414. The Balaban J connectivity index is 1.22. The molecule has 0 aromatic heterocycles. The minimum absolute atomic E-state index is 0.163. The first-order valence-electron chi connectivity index (χ1n) is 14.9. The summed E-state index contributed by atoms with van der Waals surface area (Å²) in [5.41, 5.74) is 1.40. The average Bonchev–Trinajstić information content (AvgIpc) is 3.72. The van der Waals surface area contributed by atoms with Gasteiger partial charge in [-0.3, -0.25) is 29.4 Å². The third-order valence-electron chi connectivity index (χ3n) is 7.59. The van der Waals surface area contributed by atoms with Gasteiger partial charge in [-0.25, -0.2) is 13.9 Å². The Morgan fingerprint density at radius 3 is 2.42 bits per heavy atom. The highest BCUT2D eigenvalue weighted by molar-refractivity contribution is 7.61. The first-order valence-corrected chi connectivity index (χ1v) is 17.9. The van der Waals surface area contributed by atoms with Crippen LogP contribution in [0.5, 0.6) is 0 Å². The van der Waals surface area contributed by atoms with Crippen LogP contribution in [0.2, 0.25) is 0 Å². The zero-order valence-electron chi connectivity index (χ0n) is 25.6. The summed E-state index contributed by atoms with van der Waals surface area (Å²) < 4.78 is 63.3. The van der Waals surface area contributed by atoms with Crippen LogP contribution in [0.1, 0.15) is 25.0 Å². The number of urea groups is 1. The summed E-state index contributed by atoms with van der Waals surface area (Å²) in [6, 6.07) is 14.7. The molecule has 2 aromatic carbocycles. The van der Waals surface area contributed by atoms with E-state index in [1.807, 2.05) is 30.3 Å². The highest BCUT2D eigenvalue weighted by Crippen LogP contribution is 2.60. The van der Waals surface area contributed by atoms with E-state index >= 15 is 0 Å². The number of nitrogens with one attached hydrogen (secondary N) is 1. The Bertz CT molecular complexity index is 1700. The number of benzene rings is 2. The van der Waals surface area contributed by atoms with Crippen LogP contribution in [0.3, 0.4) is 0 Å². The van der Waals surface area contributed by atoms with Gasteiger partial charge in [-0.15, -0.1) is 0 Å². The van der Waals surface area contributed by atoms with E-state index in [2.05, 4.69) is 9.63 Å². The minimum atomic E-state index is -5.15. The summed E-state index contributed by atoms with van der Waals surface area (Å²) in [5.74, 6) is 0.0157. The van der Waals surface area contributed by atoms with E-state index in [1.165, 1.54) is 29.3 Å². The first kappa shape index (κ1) is 34.4. The van der Waals surface area contributed by atoms with E-state index in [9.17, 15) is 33.8 Å². The summed E-state index contributed by atoms with van der Waals surface area (Å²) in [6.07, 6.45) is -2.45. The lowest BCUT2D eigenvalue weighted by molar-refractivity contribution is -0.385. The molecule has 8 atom stereocenters. The van der Waals surface area contributed by atoms with Crippen LogP contribution in [-0.4, -0.2) is 75.9 Å². The Hall–Kier alpha value is -3.47. The molecule has 2 amide bonds. The van der Waals surface area contributed by atoms with Gasteiger partial charge in [-0.1, -0.05) is 56.3 Å². The number of ether oxygens (including phenoxy) is 4. The number of nitro groups is 1. The molecule has 2 fully saturated rings.